The van der Waals surface area contributed by atoms with Gasteiger partial charge in [-0.3, -0.25) is 0 Å². The Balaban J connectivity index is 2.26. The molecule has 112 valence electrons. The second kappa shape index (κ2) is 7.14. The summed E-state index contributed by atoms with van der Waals surface area (Å²) in [6.45, 7) is 3.87. The molecule has 3 heteroatoms. The molecule has 3 nitrogen and oxygen atoms in total. The molecule has 0 saturated heterocycles. The first-order valence-electron chi connectivity index (χ1n) is 7.27. The lowest BCUT2D eigenvalue weighted by molar-refractivity contribution is 0.190. The fourth-order valence-corrected chi connectivity index (χ4v) is 2.34. The standard InChI is InChI=1S/C18H22O3/c1-4-6-14-9-11-15(12-10-14)21-17-8-5-7-16(20-3)18(17)13(2)19/h5,7-13,19H,4,6H2,1-3H3/t13-/m1/s1. The normalized spacial score (nSPS) is 12.0. The van der Waals surface area contributed by atoms with E-state index in [4.69, 9.17) is 9.47 Å². The molecular weight excluding hydrogens is 264 g/mol. The van der Waals surface area contributed by atoms with Crippen LogP contribution in [0.2, 0.25) is 0 Å². The molecule has 0 bridgehead atoms. The zero-order valence-electron chi connectivity index (χ0n) is 12.8. The predicted molar refractivity (Wildman–Crippen MR) is 84.1 cm³/mol. The van der Waals surface area contributed by atoms with E-state index in [0.717, 1.165) is 18.6 Å². The van der Waals surface area contributed by atoms with Crippen LogP contribution in [0.15, 0.2) is 42.5 Å². The summed E-state index contributed by atoms with van der Waals surface area (Å²) in [6.07, 6.45) is 1.54. The number of aliphatic hydroxyl groups is 1. The summed E-state index contributed by atoms with van der Waals surface area (Å²) >= 11 is 0. The van der Waals surface area contributed by atoms with Crippen molar-refractivity contribution in [1.29, 1.82) is 0 Å². The smallest absolute Gasteiger partial charge is 0.136 e. The molecule has 2 rings (SSSR count). The lowest BCUT2D eigenvalue weighted by Crippen LogP contribution is -2.00. The summed E-state index contributed by atoms with van der Waals surface area (Å²) in [7, 11) is 1.59. The van der Waals surface area contributed by atoms with Gasteiger partial charge in [-0.05, 0) is 43.2 Å². The van der Waals surface area contributed by atoms with E-state index in [1.807, 2.05) is 30.3 Å². The van der Waals surface area contributed by atoms with Crippen LogP contribution in [0.3, 0.4) is 0 Å². The monoisotopic (exact) mass is 286 g/mol. The number of hydrogen-bond donors (Lipinski definition) is 1. The third-order valence-electron chi connectivity index (χ3n) is 3.35. The van der Waals surface area contributed by atoms with E-state index in [-0.39, 0.29) is 0 Å². The topological polar surface area (TPSA) is 38.7 Å². The summed E-state index contributed by atoms with van der Waals surface area (Å²) in [5.74, 6) is 2.00. The van der Waals surface area contributed by atoms with Crippen molar-refractivity contribution < 1.29 is 14.6 Å². The van der Waals surface area contributed by atoms with Gasteiger partial charge in [0.1, 0.15) is 17.2 Å². The molecule has 2 aromatic carbocycles. The average molecular weight is 286 g/mol. The third kappa shape index (κ3) is 3.76. The van der Waals surface area contributed by atoms with E-state index in [1.54, 1.807) is 14.0 Å². The summed E-state index contributed by atoms with van der Waals surface area (Å²) in [6, 6.07) is 13.6. The molecule has 0 saturated carbocycles. The Bertz CT molecular complexity index is 574. The molecule has 0 unspecified atom stereocenters. The maximum Gasteiger partial charge on any atom is 0.136 e. The van der Waals surface area contributed by atoms with Gasteiger partial charge in [-0.25, -0.2) is 0 Å². The zero-order chi connectivity index (χ0) is 15.2. The van der Waals surface area contributed by atoms with E-state index in [1.165, 1.54) is 5.56 Å². The van der Waals surface area contributed by atoms with Crippen LogP contribution in [0.4, 0.5) is 0 Å². The zero-order valence-corrected chi connectivity index (χ0v) is 12.8. The molecular formula is C18H22O3. The largest absolute Gasteiger partial charge is 0.496 e. The minimum absolute atomic E-state index is 0.618. The van der Waals surface area contributed by atoms with Crippen LogP contribution in [-0.4, -0.2) is 12.2 Å². The number of benzene rings is 2. The first-order chi connectivity index (χ1) is 10.2. The summed E-state index contributed by atoms with van der Waals surface area (Å²) in [5, 5.41) is 9.95. The van der Waals surface area contributed by atoms with Crippen LogP contribution in [0.5, 0.6) is 17.2 Å². The molecule has 2 aromatic rings. The number of methoxy groups -OCH3 is 1. The van der Waals surface area contributed by atoms with Crippen molar-refractivity contribution in [3.63, 3.8) is 0 Å². The summed E-state index contributed by atoms with van der Waals surface area (Å²) < 4.78 is 11.2. The van der Waals surface area contributed by atoms with Gasteiger partial charge in [-0.2, -0.15) is 0 Å². The molecule has 0 aromatic heterocycles. The molecule has 0 aliphatic rings. The average Bonchev–Trinajstić information content (AvgIpc) is 2.49. The SMILES string of the molecule is CCCc1ccc(Oc2cccc(OC)c2[C@@H](C)O)cc1. The lowest BCUT2D eigenvalue weighted by atomic mass is 10.1. The maximum atomic E-state index is 9.95. The number of aliphatic hydroxyl groups excluding tert-OH is 1. The molecule has 1 atom stereocenters. The van der Waals surface area contributed by atoms with Gasteiger partial charge in [0, 0.05) is 0 Å². The molecule has 1 N–H and O–H groups in total. The van der Waals surface area contributed by atoms with Gasteiger partial charge in [0.15, 0.2) is 0 Å². The minimum Gasteiger partial charge on any atom is -0.496 e. The quantitative estimate of drug-likeness (QED) is 0.850. The van der Waals surface area contributed by atoms with Gasteiger partial charge >= 0.3 is 0 Å². The highest BCUT2D eigenvalue weighted by atomic mass is 16.5. The second-order valence-corrected chi connectivity index (χ2v) is 5.04. The molecule has 0 aliphatic heterocycles. The van der Waals surface area contributed by atoms with Crippen molar-refractivity contribution in [2.45, 2.75) is 32.8 Å². The van der Waals surface area contributed by atoms with Crippen LogP contribution in [-0.2, 0) is 6.42 Å². The lowest BCUT2D eigenvalue weighted by Gasteiger charge is -2.16. The fraction of sp³-hybridized carbons (Fsp3) is 0.333. The third-order valence-corrected chi connectivity index (χ3v) is 3.35. The van der Waals surface area contributed by atoms with Crippen molar-refractivity contribution in [2.75, 3.05) is 7.11 Å². The van der Waals surface area contributed by atoms with Crippen LogP contribution >= 0.6 is 0 Å². The van der Waals surface area contributed by atoms with Gasteiger partial charge < -0.3 is 14.6 Å². The van der Waals surface area contributed by atoms with Crippen molar-refractivity contribution in [1.82, 2.24) is 0 Å². The molecule has 0 radical (unpaired) electrons. The highest BCUT2D eigenvalue weighted by molar-refractivity contribution is 5.48. The van der Waals surface area contributed by atoms with Gasteiger partial charge in [0.2, 0.25) is 0 Å². The Labute approximate surface area is 126 Å². The van der Waals surface area contributed by atoms with Crippen LogP contribution in [0, 0.1) is 0 Å². The molecule has 0 fully saturated rings. The van der Waals surface area contributed by atoms with Gasteiger partial charge in [0.05, 0.1) is 18.8 Å². The first-order valence-corrected chi connectivity index (χ1v) is 7.27. The number of aryl methyl sites for hydroxylation is 1. The number of rotatable bonds is 6. The van der Waals surface area contributed by atoms with Crippen LogP contribution < -0.4 is 9.47 Å². The van der Waals surface area contributed by atoms with Crippen molar-refractivity contribution in [2.24, 2.45) is 0 Å². The van der Waals surface area contributed by atoms with Gasteiger partial charge in [-0.15, -0.1) is 0 Å². The fourth-order valence-electron chi connectivity index (χ4n) is 2.34. The summed E-state index contributed by atoms with van der Waals surface area (Å²) in [5.41, 5.74) is 1.96. The molecule has 21 heavy (non-hydrogen) atoms. The van der Waals surface area contributed by atoms with E-state index in [9.17, 15) is 5.11 Å². The molecule has 0 heterocycles. The van der Waals surface area contributed by atoms with E-state index < -0.39 is 6.10 Å². The number of ether oxygens (including phenoxy) is 2. The van der Waals surface area contributed by atoms with Crippen molar-refractivity contribution in [3.05, 3.63) is 53.6 Å². The van der Waals surface area contributed by atoms with E-state index >= 15 is 0 Å². The molecule has 0 aliphatic carbocycles. The molecule has 0 amide bonds. The highest BCUT2D eigenvalue weighted by Gasteiger charge is 2.15. The Morgan fingerprint density at radius 1 is 1.05 bits per heavy atom. The minimum atomic E-state index is -0.657. The Morgan fingerprint density at radius 3 is 2.29 bits per heavy atom. The molecule has 0 spiro atoms. The highest BCUT2D eigenvalue weighted by Crippen LogP contribution is 2.36. The Hall–Kier alpha value is -2.00. The van der Waals surface area contributed by atoms with Crippen molar-refractivity contribution in [3.8, 4) is 17.2 Å². The van der Waals surface area contributed by atoms with Gasteiger partial charge in [0.25, 0.3) is 0 Å². The second-order valence-electron chi connectivity index (χ2n) is 5.04. The van der Waals surface area contributed by atoms with Crippen LogP contribution in [0.25, 0.3) is 0 Å². The van der Waals surface area contributed by atoms with Crippen LogP contribution in [0.1, 0.15) is 37.5 Å². The number of hydrogen-bond acceptors (Lipinski definition) is 3. The first kappa shape index (κ1) is 15.4. The summed E-state index contributed by atoms with van der Waals surface area (Å²) in [4.78, 5) is 0. The Kier molecular flexibility index (Phi) is 5.23. The van der Waals surface area contributed by atoms with Gasteiger partial charge in [-0.1, -0.05) is 31.5 Å². The van der Waals surface area contributed by atoms with E-state index in [2.05, 4.69) is 19.1 Å². The Morgan fingerprint density at radius 2 is 1.71 bits per heavy atom. The van der Waals surface area contributed by atoms with E-state index in [0.29, 0.717) is 17.1 Å². The van der Waals surface area contributed by atoms with Crippen molar-refractivity contribution >= 4 is 0 Å². The predicted octanol–water partition coefficient (Wildman–Crippen LogP) is 4.49. The maximum absolute atomic E-state index is 9.95.